The highest BCUT2D eigenvalue weighted by atomic mass is 19.1. The molecule has 0 aliphatic heterocycles. The monoisotopic (exact) mass is 184 g/mol. The third-order valence-electron chi connectivity index (χ3n) is 1.69. The molecule has 3 nitrogen and oxygen atoms in total. The summed E-state index contributed by atoms with van der Waals surface area (Å²) in [5, 5.41) is 17.3. The van der Waals surface area contributed by atoms with Crippen molar-refractivity contribution in [1.29, 1.82) is 0 Å². The summed E-state index contributed by atoms with van der Waals surface area (Å²) in [5.74, 6) is -2.18. The maximum atomic E-state index is 13.2. The lowest BCUT2D eigenvalue weighted by Gasteiger charge is -2.04. The minimum Gasteiger partial charge on any atom is -0.478 e. The third-order valence-corrected chi connectivity index (χ3v) is 1.69. The summed E-state index contributed by atoms with van der Waals surface area (Å²) in [7, 11) is 0. The number of aliphatic hydroxyl groups excluding tert-OH is 1. The second-order valence-corrected chi connectivity index (χ2v) is 2.75. The van der Waals surface area contributed by atoms with Crippen molar-refractivity contribution in [2.75, 3.05) is 0 Å². The first-order chi connectivity index (χ1) is 6.06. The first-order valence-electron chi connectivity index (χ1n) is 3.69. The first kappa shape index (κ1) is 9.67. The molecule has 0 unspecified atom stereocenters. The maximum absolute atomic E-state index is 13.2. The second kappa shape index (κ2) is 3.53. The summed E-state index contributed by atoms with van der Waals surface area (Å²) >= 11 is 0. The van der Waals surface area contributed by atoms with Crippen molar-refractivity contribution in [3.8, 4) is 0 Å². The smallest absolute Gasteiger partial charge is 0.338 e. The molecule has 0 fully saturated rings. The van der Waals surface area contributed by atoms with Crippen LogP contribution in [0.1, 0.15) is 21.5 Å². The van der Waals surface area contributed by atoms with Gasteiger partial charge in [-0.2, -0.15) is 0 Å². The van der Waals surface area contributed by atoms with E-state index in [0.29, 0.717) is 5.56 Å². The van der Waals surface area contributed by atoms with Crippen LogP contribution in [0, 0.1) is 12.7 Å². The lowest BCUT2D eigenvalue weighted by atomic mass is 10.1. The fourth-order valence-electron chi connectivity index (χ4n) is 1.11. The Morgan fingerprint density at radius 2 is 2.15 bits per heavy atom. The number of carboxylic acids is 1. The van der Waals surface area contributed by atoms with Gasteiger partial charge in [0, 0.05) is 5.56 Å². The van der Waals surface area contributed by atoms with Crippen LogP contribution in [0.4, 0.5) is 4.39 Å². The van der Waals surface area contributed by atoms with Crippen molar-refractivity contribution < 1.29 is 19.4 Å². The highest BCUT2D eigenvalue weighted by Gasteiger charge is 2.14. The number of hydrogen-bond donors (Lipinski definition) is 2. The Hall–Kier alpha value is -1.42. The van der Waals surface area contributed by atoms with Crippen LogP contribution >= 0.6 is 0 Å². The van der Waals surface area contributed by atoms with E-state index in [9.17, 15) is 9.18 Å². The fraction of sp³-hybridized carbons (Fsp3) is 0.222. The van der Waals surface area contributed by atoms with Gasteiger partial charge in [0.2, 0.25) is 0 Å². The second-order valence-electron chi connectivity index (χ2n) is 2.75. The largest absolute Gasteiger partial charge is 0.478 e. The SMILES string of the molecule is Cc1cc(CO)c(F)c(C(=O)O)c1. The Bertz CT molecular complexity index is 347. The standard InChI is InChI=1S/C9H9FO3/c1-5-2-6(4-11)8(10)7(3-5)9(12)13/h2-3,11H,4H2,1H3,(H,12,13). The minimum atomic E-state index is -1.32. The molecule has 0 aliphatic rings. The highest BCUT2D eigenvalue weighted by molar-refractivity contribution is 5.88. The van der Waals surface area contributed by atoms with Crippen LogP contribution in [-0.4, -0.2) is 16.2 Å². The molecule has 0 radical (unpaired) electrons. The molecule has 0 saturated heterocycles. The molecule has 0 atom stereocenters. The molecule has 1 aromatic rings. The number of halogens is 1. The highest BCUT2D eigenvalue weighted by Crippen LogP contribution is 2.15. The fourth-order valence-corrected chi connectivity index (χ4v) is 1.11. The number of carboxylic acid groups (broad SMARTS) is 1. The zero-order valence-electron chi connectivity index (χ0n) is 7.04. The molecule has 0 bridgehead atoms. The van der Waals surface area contributed by atoms with Crippen molar-refractivity contribution >= 4 is 5.97 Å². The molecule has 0 spiro atoms. The number of carbonyl (C=O) groups is 1. The van der Waals surface area contributed by atoms with Gasteiger partial charge in [0.15, 0.2) is 0 Å². The number of rotatable bonds is 2. The summed E-state index contributed by atoms with van der Waals surface area (Å²) < 4.78 is 13.2. The van der Waals surface area contributed by atoms with Gasteiger partial charge in [0.25, 0.3) is 0 Å². The van der Waals surface area contributed by atoms with Crippen LogP contribution in [0.15, 0.2) is 12.1 Å². The molecule has 0 aromatic heterocycles. The van der Waals surface area contributed by atoms with Gasteiger partial charge >= 0.3 is 5.97 Å². The van der Waals surface area contributed by atoms with Crippen LogP contribution < -0.4 is 0 Å². The number of aromatic carboxylic acids is 1. The molecule has 0 amide bonds. The van der Waals surface area contributed by atoms with Gasteiger partial charge < -0.3 is 10.2 Å². The van der Waals surface area contributed by atoms with Crippen molar-refractivity contribution in [2.45, 2.75) is 13.5 Å². The number of aryl methyl sites for hydroxylation is 1. The summed E-state index contributed by atoms with van der Waals surface area (Å²) in [6.07, 6.45) is 0. The molecule has 1 rings (SSSR count). The van der Waals surface area contributed by atoms with E-state index in [1.165, 1.54) is 12.1 Å². The Morgan fingerprint density at radius 3 is 2.62 bits per heavy atom. The molecule has 0 aliphatic carbocycles. The lowest BCUT2D eigenvalue weighted by Crippen LogP contribution is -2.04. The number of hydrogen-bond acceptors (Lipinski definition) is 2. The van der Waals surface area contributed by atoms with Gasteiger partial charge in [-0.05, 0) is 18.6 Å². The average molecular weight is 184 g/mol. The Morgan fingerprint density at radius 1 is 1.54 bits per heavy atom. The number of aliphatic hydroxyl groups is 1. The van der Waals surface area contributed by atoms with E-state index in [4.69, 9.17) is 10.2 Å². The average Bonchev–Trinajstić information content (AvgIpc) is 2.08. The molecule has 4 heteroatoms. The zero-order valence-corrected chi connectivity index (χ0v) is 7.04. The van der Waals surface area contributed by atoms with Crippen molar-refractivity contribution in [1.82, 2.24) is 0 Å². The van der Waals surface area contributed by atoms with Crippen LogP contribution in [0.3, 0.4) is 0 Å². The third kappa shape index (κ3) is 1.84. The molecule has 2 N–H and O–H groups in total. The van der Waals surface area contributed by atoms with Gasteiger partial charge in [0.05, 0.1) is 12.2 Å². The van der Waals surface area contributed by atoms with Crippen LogP contribution in [-0.2, 0) is 6.61 Å². The van der Waals surface area contributed by atoms with Crippen molar-refractivity contribution in [3.05, 3.63) is 34.6 Å². The molecule has 70 valence electrons. The van der Waals surface area contributed by atoms with Crippen molar-refractivity contribution in [3.63, 3.8) is 0 Å². The first-order valence-corrected chi connectivity index (χ1v) is 3.69. The molecule has 0 saturated carbocycles. The quantitative estimate of drug-likeness (QED) is 0.728. The summed E-state index contributed by atoms with van der Waals surface area (Å²) in [4.78, 5) is 10.5. The van der Waals surface area contributed by atoms with E-state index < -0.39 is 24.0 Å². The molecular formula is C9H9FO3. The van der Waals surface area contributed by atoms with Crippen molar-refractivity contribution in [2.24, 2.45) is 0 Å². The van der Waals surface area contributed by atoms with Crippen LogP contribution in [0.5, 0.6) is 0 Å². The summed E-state index contributed by atoms with van der Waals surface area (Å²) in [6.45, 7) is 1.15. The molecule has 13 heavy (non-hydrogen) atoms. The predicted molar refractivity (Wildman–Crippen MR) is 44.0 cm³/mol. The van der Waals surface area contributed by atoms with Gasteiger partial charge in [-0.3, -0.25) is 0 Å². The van der Waals surface area contributed by atoms with E-state index in [1.807, 2.05) is 0 Å². The van der Waals surface area contributed by atoms with E-state index >= 15 is 0 Å². The summed E-state index contributed by atoms with van der Waals surface area (Å²) in [5.41, 5.74) is 0.226. The molecular weight excluding hydrogens is 175 g/mol. The van der Waals surface area contributed by atoms with E-state index in [1.54, 1.807) is 6.92 Å². The Balaban J connectivity index is 3.35. The Kier molecular flexibility index (Phi) is 2.63. The van der Waals surface area contributed by atoms with Crippen LogP contribution in [0.2, 0.25) is 0 Å². The molecule has 0 heterocycles. The zero-order chi connectivity index (χ0) is 10.0. The topological polar surface area (TPSA) is 57.5 Å². The number of benzene rings is 1. The van der Waals surface area contributed by atoms with Gasteiger partial charge in [-0.15, -0.1) is 0 Å². The minimum absolute atomic E-state index is 0.0115. The van der Waals surface area contributed by atoms with Gasteiger partial charge in [0.1, 0.15) is 5.82 Å². The van der Waals surface area contributed by atoms with Crippen LogP contribution in [0.25, 0.3) is 0 Å². The van der Waals surface area contributed by atoms with E-state index in [2.05, 4.69) is 0 Å². The van der Waals surface area contributed by atoms with E-state index in [-0.39, 0.29) is 5.56 Å². The van der Waals surface area contributed by atoms with E-state index in [0.717, 1.165) is 0 Å². The van der Waals surface area contributed by atoms with Gasteiger partial charge in [-0.1, -0.05) is 6.07 Å². The Labute approximate surface area is 74.4 Å². The molecule has 1 aromatic carbocycles. The normalized spacial score (nSPS) is 10.1. The summed E-state index contributed by atoms with van der Waals surface area (Å²) in [6, 6.07) is 2.65. The predicted octanol–water partition coefficient (Wildman–Crippen LogP) is 1.32. The maximum Gasteiger partial charge on any atom is 0.338 e. The van der Waals surface area contributed by atoms with Gasteiger partial charge in [-0.25, -0.2) is 9.18 Å². The lowest BCUT2D eigenvalue weighted by molar-refractivity contribution is 0.0691.